The van der Waals surface area contributed by atoms with E-state index in [1.807, 2.05) is 0 Å². The molecule has 0 unspecified atom stereocenters. The molecule has 0 aromatic heterocycles. The fraction of sp³-hybridized carbons (Fsp3) is 0.429. The molecule has 4 atom stereocenters. The number of carbonyl (C=O) groups excluding carboxylic acids is 2. The largest absolute Gasteiger partial charge is 0.389 e. The highest BCUT2D eigenvalue weighted by molar-refractivity contribution is 7.89. The number of ether oxygens (including phenoxy) is 1. The first-order valence-electron chi connectivity index (χ1n) is 16.0. The molecule has 3 aromatic carbocycles. The van der Waals surface area contributed by atoms with Gasteiger partial charge in [-0.3, -0.25) is 9.59 Å². The lowest BCUT2D eigenvalue weighted by molar-refractivity contribution is 0.0599. The van der Waals surface area contributed by atoms with Gasteiger partial charge in [0.2, 0.25) is 10.0 Å². The number of nitrogens with zero attached hydrogens (tertiary/aromatic N) is 2. The normalized spacial score (nSPS) is 20.0. The van der Waals surface area contributed by atoms with E-state index in [1.54, 1.807) is 56.2 Å². The van der Waals surface area contributed by atoms with Gasteiger partial charge in [-0.1, -0.05) is 12.1 Å². The Hall–Kier alpha value is -3.75. The number of aryl methyl sites for hydroxylation is 2. The Morgan fingerprint density at radius 2 is 1.75 bits per heavy atom. The number of nitrogens with one attached hydrogen (secondary N) is 2. The van der Waals surface area contributed by atoms with Crippen LogP contribution in [0.5, 0.6) is 0 Å². The molecule has 2 amide bonds. The van der Waals surface area contributed by atoms with Crippen LogP contribution in [-0.2, 0) is 21.2 Å². The van der Waals surface area contributed by atoms with Crippen LogP contribution >= 0.6 is 0 Å². The van der Waals surface area contributed by atoms with Crippen LogP contribution in [0.4, 0.5) is 8.78 Å². The minimum atomic E-state index is -3.89. The summed E-state index contributed by atoms with van der Waals surface area (Å²) in [5.41, 5.74) is 2.14. The maximum atomic E-state index is 14.2. The zero-order chi connectivity index (χ0) is 34.6. The molecule has 0 spiro atoms. The SMILES string of the molecule is COC[C@H]1CCCN1C(=O)c1cc(C)cc(C(=O)N[C@@H](Cc2cc(F)cc(F)c2)[C@H](O)[C@H]2CN(S(=O)(=O)c3cccc(C)c3)CCN2)c1. The summed E-state index contributed by atoms with van der Waals surface area (Å²) in [5.74, 6) is -2.46. The highest BCUT2D eigenvalue weighted by Gasteiger charge is 2.37. The van der Waals surface area contributed by atoms with Gasteiger partial charge >= 0.3 is 0 Å². The molecule has 2 fully saturated rings. The third-order valence-corrected chi connectivity index (χ3v) is 10.8. The number of piperazine rings is 1. The number of hydrogen-bond acceptors (Lipinski definition) is 7. The van der Waals surface area contributed by atoms with Gasteiger partial charge in [-0.2, -0.15) is 4.31 Å². The number of aliphatic hydroxyl groups excluding tert-OH is 1. The number of benzene rings is 3. The van der Waals surface area contributed by atoms with Gasteiger partial charge in [0.15, 0.2) is 0 Å². The van der Waals surface area contributed by atoms with Crippen LogP contribution < -0.4 is 10.6 Å². The maximum Gasteiger partial charge on any atom is 0.254 e. The van der Waals surface area contributed by atoms with Crippen molar-refractivity contribution in [3.05, 3.63) is 100 Å². The lowest BCUT2D eigenvalue weighted by Crippen LogP contribution is -2.62. The first-order chi connectivity index (χ1) is 22.8. The second kappa shape index (κ2) is 15.2. The van der Waals surface area contributed by atoms with Crippen LogP contribution in [0.15, 0.2) is 65.6 Å². The second-order valence-corrected chi connectivity index (χ2v) is 14.6. The van der Waals surface area contributed by atoms with Crippen molar-refractivity contribution in [2.24, 2.45) is 0 Å². The van der Waals surface area contributed by atoms with Crippen LogP contribution in [0.3, 0.4) is 0 Å². The van der Waals surface area contributed by atoms with Crippen LogP contribution in [0.1, 0.15) is 50.2 Å². The summed E-state index contributed by atoms with van der Waals surface area (Å²) in [4.78, 5) is 29.2. The van der Waals surface area contributed by atoms with E-state index in [-0.39, 0.29) is 54.0 Å². The minimum Gasteiger partial charge on any atom is -0.389 e. The van der Waals surface area contributed by atoms with Crippen molar-refractivity contribution < 1.29 is 36.6 Å². The van der Waals surface area contributed by atoms with Crippen molar-refractivity contribution in [2.45, 2.75) is 62.2 Å². The average molecular weight is 685 g/mol. The fourth-order valence-corrected chi connectivity index (χ4v) is 8.14. The number of hydrogen-bond donors (Lipinski definition) is 3. The second-order valence-electron chi connectivity index (χ2n) is 12.6. The standard InChI is InChI=1S/C35H42F2N4O6S/c1-22-6-4-8-30(14-22)48(45,46)40-11-9-38-32(20-40)33(42)31(17-24-15-27(36)19-28(37)16-24)39-34(43)25-12-23(2)13-26(18-25)35(44)41-10-5-7-29(41)21-47-3/h4,6,8,12-16,18-19,29,31-33,38,42H,5,7,9-11,17,20-21H2,1-3H3,(H,39,43)/t29-,31+,32-,33+/m1/s1. The molecule has 258 valence electrons. The molecule has 0 radical (unpaired) electrons. The zero-order valence-corrected chi connectivity index (χ0v) is 28.1. The number of methoxy groups -OCH3 is 1. The minimum absolute atomic E-state index is 0.0660. The molecule has 13 heteroatoms. The molecule has 2 aliphatic rings. The van der Waals surface area contributed by atoms with Crippen molar-refractivity contribution in [2.75, 3.05) is 39.9 Å². The monoisotopic (exact) mass is 684 g/mol. The van der Waals surface area contributed by atoms with Gasteiger partial charge in [-0.15, -0.1) is 0 Å². The molecule has 0 aliphatic carbocycles. The predicted octanol–water partition coefficient (Wildman–Crippen LogP) is 3.20. The van der Waals surface area contributed by atoms with Gasteiger partial charge in [0.1, 0.15) is 11.6 Å². The number of likely N-dealkylation sites (tertiary alicyclic amines) is 1. The highest BCUT2D eigenvalue weighted by Crippen LogP contribution is 2.24. The van der Waals surface area contributed by atoms with E-state index in [0.29, 0.717) is 24.3 Å². The van der Waals surface area contributed by atoms with Crippen LogP contribution in [0.2, 0.25) is 0 Å². The molecule has 10 nitrogen and oxygen atoms in total. The topological polar surface area (TPSA) is 128 Å². The number of carbonyl (C=O) groups is 2. The molecule has 3 N–H and O–H groups in total. The van der Waals surface area contributed by atoms with Crippen molar-refractivity contribution in [1.29, 1.82) is 0 Å². The highest BCUT2D eigenvalue weighted by atomic mass is 32.2. The number of aliphatic hydroxyl groups is 1. The Labute approximate surface area is 280 Å². The van der Waals surface area contributed by atoms with Crippen molar-refractivity contribution in [3.8, 4) is 0 Å². The number of rotatable bonds is 11. The lowest BCUT2D eigenvalue weighted by Gasteiger charge is -2.38. The summed E-state index contributed by atoms with van der Waals surface area (Å²) in [6, 6.07) is 12.3. The van der Waals surface area contributed by atoms with Gasteiger partial charge in [0.25, 0.3) is 11.8 Å². The van der Waals surface area contributed by atoms with Crippen LogP contribution in [-0.4, -0.2) is 98.7 Å². The predicted molar refractivity (Wildman–Crippen MR) is 176 cm³/mol. The number of amides is 2. The van der Waals surface area contributed by atoms with E-state index in [9.17, 15) is 31.9 Å². The molecule has 2 aliphatic heterocycles. The summed E-state index contributed by atoms with van der Waals surface area (Å²) in [6.07, 6.45) is 0.130. The van der Waals surface area contributed by atoms with Gasteiger partial charge < -0.3 is 25.4 Å². The van der Waals surface area contributed by atoms with Crippen LogP contribution in [0, 0.1) is 25.5 Å². The molecular formula is C35H42F2N4O6S. The van der Waals surface area contributed by atoms with E-state index < -0.39 is 45.8 Å². The quantitative estimate of drug-likeness (QED) is 0.283. The Morgan fingerprint density at radius 1 is 1.02 bits per heavy atom. The van der Waals surface area contributed by atoms with Crippen molar-refractivity contribution in [1.82, 2.24) is 19.8 Å². The zero-order valence-electron chi connectivity index (χ0n) is 27.3. The van der Waals surface area contributed by atoms with E-state index >= 15 is 0 Å². The fourth-order valence-electron chi connectivity index (χ4n) is 6.57. The van der Waals surface area contributed by atoms with E-state index in [2.05, 4.69) is 10.6 Å². The van der Waals surface area contributed by atoms with Gasteiger partial charge in [-0.05, 0) is 92.3 Å². The lowest BCUT2D eigenvalue weighted by atomic mass is 9.94. The summed E-state index contributed by atoms with van der Waals surface area (Å²) >= 11 is 0. The van der Waals surface area contributed by atoms with E-state index in [0.717, 1.165) is 36.6 Å². The summed E-state index contributed by atoms with van der Waals surface area (Å²) in [7, 11) is -2.31. The Kier molecular flexibility index (Phi) is 11.3. The molecule has 2 saturated heterocycles. The summed E-state index contributed by atoms with van der Waals surface area (Å²) in [6.45, 7) is 4.82. The molecule has 2 heterocycles. The first kappa shape index (κ1) is 35.6. The Morgan fingerprint density at radius 3 is 2.46 bits per heavy atom. The summed E-state index contributed by atoms with van der Waals surface area (Å²) < 4.78 is 61.9. The number of halogens is 2. The molecule has 5 rings (SSSR count). The number of sulfonamides is 1. The van der Waals surface area contributed by atoms with Crippen molar-refractivity contribution in [3.63, 3.8) is 0 Å². The molecule has 0 bridgehead atoms. The molecule has 0 saturated carbocycles. The first-order valence-corrected chi connectivity index (χ1v) is 17.5. The smallest absolute Gasteiger partial charge is 0.254 e. The maximum absolute atomic E-state index is 14.2. The summed E-state index contributed by atoms with van der Waals surface area (Å²) in [5, 5.41) is 17.7. The van der Waals surface area contributed by atoms with E-state index in [4.69, 9.17) is 4.74 Å². The average Bonchev–Trinajstić information content (AvgIpc) is 3.51. The van der Waals surface area contributed by atoms with E-state index in [1.165, 1.54) is 16.4 Å². The van der Waals surface area contributed by atoms with Crippen molar-refractivity contribution >= 4 is 21.8 Å². The molecular weight excluding hydrogens is 642 g/mol. The van der Waals surface area contributed by atoms with Crippen LogP contribution in [0.25, 0.3) is 0 Å². The Bertz CT molecular complexity index is 1740. The third kappa shape index (κ3) is 8.27. The Balaban J connectivity index is 1.40. The third-order valence-electron chi connectivity index (χ3n) is 8.90. The van der Waals surface area contributed by atoms with Gasteiger partial charge in [0, 0.05) is 56.5 Å². The van der Waals surface area contributed by atoms with Gasteiger partial charge in [-0.25, -0.2) is 17.2 Å². The molecule has 3 aromatic rings. The van der Waals surface area contributed by atoms with Gasteiger partial charge in [0.05, 0.1) is 29.7 Å². The molecule has 48 heavy (non-hydrogen) atoms.